The minimum Gasteiger partial charge on any atom is -0.497 e. The first-order valence-electron chi connectivity index (χ1n) is 9.33. The highest BCUT2D eigenvalue weighted by atomic mass is 32.1. The van der Waals surface area contributed by atoms with E-state index < -0.39 is 5.97 Å². The van der Waals surface area contributed by atoms with Crippen LogP contribution in [-0.4, -0.2) is 31.1 Å². The molecule has 4 aromatic rings. The average Bonchev–Trinajstić information content (AvgIpc) is 3.15. The number of anilines is 2. The Balaban J connectivity index is 1.59. The van der Waals surface area contributed by atoms with E-state index >= 15 is 0 Å². The van der Waals surface area contributed by atoms with Gasteiger partial charge in [0, 0.05) is 16.6 Å². The van der Waals surface area contributed by atoms with Crippen LogP contribution in [-0.2, 0) is 4.74 Å². The van der Waals surface area contributed by atoms with Gasteiger partial charge in [0.2, 0.25) is 0 Å². The Morgan fingerprint density at radius 1 is 0.968 bits per heavy atom. The van der Waals surface area contributed by atoms with Crippen molar-refractivity contribution in [2.24, 2.45) is 0 Å². The molecule has 1 amide bonds. The fourth-order valence-electron chi connectivity index (χ4n) is 3.08. The van der Waals surface area contributed by atoms with Crippen LogP contribution in [0, 0.1) is 0 Å². The third-order valence-electron chi connectivity index (χ3n) is 4.75. The molecule has 0 unspecified atom stereocenters. The molecule has 0 saturated carbocycles. The lowest BCUT2D eigenvalue weighted by atomic mass is 10.1. The Morgan fingerprint density at radius 3 is 2.32 bits per heavy atom. The SMILES string of the molecule is COC(=O)c1ccc(NC(=O)c2sc3nc(-c4ccc(OC)cc4)ccc3c2N)cc1. The van der Waals surface area contributed by atoms with Crippen LogP contribution < -0.4 is 15.8 Å². The number of fused-ring (bicyclic) bond motifs is 1. The Morgan fingerprint density at radius 2 is 1.68 bits per heavy atom. The van der Waals surface area contributed by atoms with Crippen molar-refractivity contribution in [3.8, 4) is 17.0 Å². The maximum Gasteiger partial charge on any atom is 0.337 e. The molecule has 0 aliphatic carbocycles. The quantitative estimate of drug-likeness (QED) is 0.446. The second kappa shape index (κ2) is 8.45. The minimum atomic E-state index is -0.439. The van der Waals surface area contributed by atoms with Crippen LogP contribution in [0.1, 0.15) is 20.0 Å². The summed E-state index contributed by atoms with van der Waals surface area (Å²) in [6.07, 6.45) is 0. The van der Waals surface area contributed by atoms with Gasteiger partial charge in [0.25, 0.3) is 5.91 Å². The molecule has 0 aliphatic rings. The van der Waals surface area contributed by atoms with Crippen molar-refractivity contribution in [2.45, 2.75) is 0 Å². The highest BCUT2D eigenvalue weighted by Gasteiger charge is 2.18. The first kappa shape index (κ1) is 20.4. The van der Waals surface area contributed by atoms with Gasteiger partial charge in [0.15, 0.2) is 0 Å². The summed E-state index contributed by atoms with van der Waals surface area (Å²) < 4.78 is 9.87. The number of nitrogen functional groups attached to an aromatic ring is 1. The van der Waals surface area contributed by atoms with Gasteiger partial charge in [-0.15, -0.1) is 11.3 Å². The van der Waals surface area contributed by atoms with Crippen molar-refractivity contribution in [3.05, 3.63) is 71.1 Å². The van der Waals surface area contributed by atoms with Crippen molar-refractivity contribution >= 4 is 44.8 Å². The Bertz CT molecular complexity index is 1260. The number of carbonyl (C=O) groups excluding carboxylic acids is 2. The Kier molecular flexibility index (Phi) is 5.55. The van der Waals surface area contributed by atoms with Gasteiger partial charge in [-0.05, 0) is 60.7 Å². The minimum absolute atomic E-state index is 0.336. The van der Waals surface area contributed by atoms with Crippen molar-refractivity contribution in [2.75, 3.05) is 25.3 Å². The zero-order valence-corrected chi connectivity index (χ0v) is 17.7. The molecule has 0 bridgehead atoms. The summed E-state index contributed by atoms with van der Waals surface area (Å²) in [5.74, 6) is -0.00791. The summed E-state index contributed by atoms with van der Waals surface area (Å²) in [7, 11) is 2.93. The van der Waals surface area contributed by atoms with Crippen LogP contribution in [0.5, 0.6) is 5.75 Å². The number of hydrogen-bond donors (Lipinski definition) is 2. The fraction of sp³-hybridized carbons (Fsp3) is 0.0870. The van der Waals surface area contributed by atoms with Gasteiger partial charge < -0.3 is 20.5 Å². The molecule has 156 valence electrons. The van der Waals surface area contributed by atoms with Crippen LogP contribution in [0.3, 0.4) is 0 Å². The highest BCUT2D eigenvalue weighted by molar-refractivity contribution is 7.21. The van der Waals surface area contributed by atoms with Gasteiger partial charge in [-0.1, -0.05) is 0 Å². The third-order valence-corrected chi connectivity index (χ3v) is 5.86. The van der Waals surface area contributed by atoms with E-state index in [1.165, 1.54) is 18.4 Å². The lowest BCUT2D eigenvalue weighted by Gasteiger charge is -2.05. The number of thiophene rings is 1. The molecule has 7 nitrogen and oxygen atoms in total. The summed E-state index contributed by atoms with van der Waals surface area (Å²) in [5.41, 5.74) is 9.28. The van der Waals surface area contributed by atoms with Gasteiger partial charge in [0.1, 0.15) is 15.5 Å². The molecule has 0 atom stereocenters. The number of rotatable bonds is 5. The molecular weight excluding hydrogens is 414 g/mol. The molecule has 2 aromatic carbocycles. The smallest absolute Gasteiger partial charge is 0.337 e. The number of aromatic nitrogens is 1. The maximum atomic E-state index is 12.8. The molecular formula is C23H19N3O4S. The molecule has 0 saturated heterocycles. The van der Waals surface area contributed by atoms with E-state index in [1.807, 2.05) is 36.4 Å². The second-order valence-electron chi connectivity index (χ2n) is 6.65. The topological polar surface area (TPSA) is 104 Å². The lowest BCUT2D eigenvalue weighted by Crippen LogP contribution is -2.12. The number of hydrogen-bond acceptors (Lipinski definition) is 7. The summed E-state index contributed by atoms with van der Waals surface area (Å²) in [4.78, 5) is 30.1. The van der Waals surface area contributed by atoms with Crippen molar-refractivity contribution in [1.82, 2.24) is 4.98 Å². The van der Waals surface area contributed by atoms with E-state index in [-0.39, 0.29) is 5.91 Å². The molecule has 3 N–H and O–H groups in total. The van der Waals surface area contributed by atoms with Gasteiger partial charge in [-0.2, -0.15) is 0 Å². The first-order valence-corrected chi connectivity index (χ1v) is 10.1. The number of benzene rings is 2. The van der Waals surface area contributed by atoms with Crippen LogP contribution in [0.2, 0.25) is 0 Å². The van der Waals surface area contributed by atoms with Gasteiger partial charge in [-0.3, -0.25) is 4.79 Å². The standard InChI is InChI=1S/C23H19N3O4S/c1-29-16-9-5-13(6-10-16)18-12-11-17-19(24)20(31-22(17)26-18)21(27)25-15-7-3-14(4-8-15)23(28)30-2/h3-12H,24H2,1-2H3,(H,25,27). The molecule has 0 radical (unpaired) electrons. The summed E-state index contributed by atoms with van der Waals surface area (Å²) >= 11 is 1.23. The summed E-state index contributed by atoms with van der Waals surface area (Å²) in [5, 5.41) is 3.53. The first-order chi connectivity index (χ1) is 15.0. The summed E-state index contributed by atoms with van der Waals surface area (Å²) in [6, 6.07) is 17.8. The number of carbonyl (C=O) groups is 2. The number of methoxy groups -OCH3 is 2. The normalized spacial score (nSPS) is 10.6. The Hall–Kier alpha value is -3.91. The lowest BCUT2D eigenvalue weighted by molar-refractivity contribution is 0.0600. The van der Waals surface area contributed by atoms with E-state index in [2.05, 4.69) is 15.0 Å². The average molecular weight is 433 g/mol. The number of esters is 1. The maximum absolute atomic E-state index is 12.8. The van der Waals surface area contributed by atoms with Crippen molar-refractivity contribution < 1.29 is 19.1 Å². The van der Waals surface area contributed by atoms with E-state index in [9.17, 15) is 9.59 Å². The predicted octanol–water partition coefficient (Wildman–Crippen LogP) is 4.59. The van der Waals surface area contributed by atoms with Crippen molar-refractivity contribution in [3.63, 3.8) is 0 Å². The highest BCUT2D eigenvalue weighted by Crippen LogP contribution is 2.35. The zero-order valence-electron chi connectivity index (χ0n) is 16.8. The number of nitrogens with one attached hydrogen (secondary N) is 1. The van der Waals surface area contributed by atoms with Crippen molar-refractivity contribution in [1.29, 1.82) is 0 Å². The van der Waals surface area contributed by atoms with Gasteiger partial charge >= 0.3 is 5.97 Å². The predicted molar refractivity (Wildman–Crippen MR) is 122 cm³/mol. The summed E-state index contributed by atoms with van der Waals surface area (Å²) in [6.45, 7) is 0. The van der Waals surface area contributed by atoms with E-state index in [0.717, 1.165) is 22.4 Å². The Labute approximate surface area is 182 Å². The largest absolute Gasteiger partial charge is 0.497 e. The van der Waals surface area contributed by atoms with E-state index in [0.29, 0.717) is 26.6 Å². The third kappa shape index (κ3) is 4.06. The number of pyridine rings is 1. The van der Waals surface area contributed by atoms with E-state index in [4.69, 9.17) is 10.5 Å². The zero-order chi connectivity index (χ0) is 22.0. The number of nitrogens with zero attached hydrogens (tertiary/aromatic N) is 1. The van der Waals surface area contributed by atoms with E-state index in [1.54, 1.807) is 31.4 Å². The van der Waals surface area contributed by atoms with Gasteiger partial charge in [-0.25, -0.2) is 9.78 Å². The number of nitrogens with two attached hydrogens (primary N) is 1. The molecule has 2 heterocycles. The molecule has 31 heavy (non-hydrogen) atoms. The molecule has 0 spiro atoms. The van der Waals surface area contributed by atoms with Gasteiger partial charge in [0.05, 0.1) is 31.2 Å². The van der Waals surface area contributed by atoms with Crippen LogP contribution in [0.4, 0.5) is 11.4 Å². The second-order valence-corrected chi connectivity index (χ2v) is 7.64. The fourth-order valence-corrected chi connectivity index (χ4v) is 4.07. The number of amides is 1. The molecule has 0 aliphatic heterocycles. The number of ether oxygens (including phenoxy) is 2. The molecule has 8 heteroatoms. The van der Waals surface area contributed by atoms with Crippen LogP contribution in [0.15, 0.2) is 60.7 Å². The molecule has 4 rings (SSSR count). The molecule has 2 aromatic heterocycles. The monoisotopic (exact) mass is 433 g/mol. The van der Waals surface area contributed by atoms with Crippen LogP contribution >= 0.6 is 11.3 Å². The molecule has 0 fully saturated rings. The van der Waals surface area contributed by atoms with Crippen LogP contribution in [0.25, 0.3) is 21.5 Å².